The maximum atomic E-state index is 14.3. The molecule has 1 atom stereocenters. The zero-order chi connectivity index (χ0) is 14.5. The van der Waals surface area contributed by atoms with Gasteiger partial charge in [-0.2, -0.15) is 0 Å². The number of hydrogen-bond acceptors (Lipinski definition) is 3. The minimum Gasteiger partial charge on any atom is -0.305 e. The summed E-state index contributed by atoms with van der Waals surface area (Å²) in [5.41, 5.74) is 2.14. The van der Waals surface area contributed by atoms with E-state index < -0.39 is 0 Å². The van der Waals surface area contributed by atoms with Gasteiger partial charge in [-0.3, -0.25) is 9.97 Å². The maximum absolute atomic E-state index is 14.3. The predicted molar refractivity (Wildman–Crippen MR) is 81.0 cm³/mol. The Bertz CT molecular complexity index is 572. The number of rotatable bonds is 5. The summed E-state index contributed by atoms with van der Waals surface area (Å²) in [6, 6.07) is 5.00. The van der Waals surface area contributed by atoms with Crippen molar-refractivity contribution in [2.24, 2.45) is 0 Å². The van der Waals surface area contributed by atoms with Gasteiger partial charge in [-0.05, 0) is 41.9 Å². The first kappa shape index (κ1) is 15.1. The molecule has 0 aliphatic heterocycles. The highest BCUT2D eigenvalue weighted by Crippen LogP contribution is 2.27. The highest BCUT2D eigenvalue weighted by atomic mass is 79.9. The standard InChI is InChI=1S/C15H17BrFN3/c1-3-7-18-15(13-9-19-10(2)8-20-13)11-5-4-6-12(16)14(11)17/h4-6,8-9,15,18H,3,7H2,1-2H3. The molecule has 0 amide bonds. The quantitative estimate of drug-likeness (QED) is 0.902. The van der Waals surface area contributed by atoms with Crippen molar-refractivity contribution < 1.29 is 4.39 Å². The minimum absolute atomic E-state index is 0.261. The van der Waals surface area contributed by atoms with Crippen LogP contribution in [0.2, 0.25) is 0 Å². The van der Waals surface area contributed by atoms with Crippen LogP contribution in [-0.2, 0) is 0 Å². The molecule has 106 valence electrons. The molecule has 0 saturated heterocycles. The topological polar surface area (TPSA) is 37.8 Å². The van der Waals surface area contributed by atoms with Gasteiger partial charge in [-0.25, -0.2) is 4.39 Å². The zero-order valence-electron chi connectivity index (χ0n) is 11.5. The molecule has 0 aliphatic rings. The van der Waals surface area contributed by atoms with Crippen LogP contribution in [0.1, 0.15) is 36.3 Å². The second-order valence-corrected chi connectivity index (χ2v) is 5.47. The van der Waals surface area contributed by atoms with Crippen molar-refractivity contribution >= 4 is 15.9 Å². The van der Waals surface area contributed by atoms with E-state index in [0.29, 0.717) is 10.0 Å². The van der Waals surface area contributed by atoms with E-state index in [4.69, 9.17) is 0 Å². The van der Waals surface area contributed by atoms with Crippen LogP contribution in [0.5, 0.6) is 0 Å². The summed E-state index contributed by atoms with van der Waals surface area (Å²) >= 11 is 3.23. The molecule has 3 nitrogen and oxygen atoms in total. The summed E-state index contributed by atoms with van der Waals surface area (Å²) in [5, 5.41) is 3.33. The van der Waals surface area contributed by atoms with E-state index in [2.05, 4.69) is 38.1 Å². The molecule has 1 unspecified atom stereocenters. The molecule has 2 rings (SSSR count). The van der Waals surface area contributed by atoms with Crippen molar-refractivity contribution in [2.75, 3.05) is 6.54 Å². The summed E-state index contributed by atoms with van der Waals surface area (Å²) in [6.45, 7) is 4.74. The summed E-state index contributed by atoms with van der Waals surface area (Å²) in [4.78, 5) is 8.62. The molecule has 1 heterocycles. The van der Waals surface area contributed by atoms with E-state index in [-0.39, 0.29) is 11.9 Å². The Balaban J connectivity index is 2.41. The van der Waals surface area contributed by atoms with Gasteiger partial charge in [-0.1, -0.05) is 19.1 Å². The summed E-state index contributed by atoms with van der Waals surface area (Å²) in [6.07, 6.45) is 4.36. The van der Waals surface area contributed by atoms with E-state index in [1.807, 2.05) is 13.0 Å². The molecule has 0 fully saturated rings. The van der Waals surface area contributed by atoms with Crippen LogP contribution in [-0.4, -0.2) is 16.5 Å². The first-order valence-corrected chi connectivity index (χ1v) is 7.38. The highest BCUT2D eigenvalue weighted by molar-refractivity contribution is 9.10. The lowest BCUT2D eigenvalue weighted by atomic mass is 10.0. The van der Waals surface area contributed by atoms with Crippen molar-refractivity contribution in [3.63, 3.8) is 0 Å². The van der Waals surface area contributed by atoms with Gasteiger partial charge in [0.25, 0.3) is 0 Å². The van der Waals surface area contributed by atoms with Crippen molar-refractivity contribution in [1.82, 2.24) is 15.3 Å². The molecule has 0 saturated carbocycles. The second-order valence-electron chi connectivity index (χ2n) is 4.61. The number of benzene rings is 1. The molecular weight excluding hydrogens is 321 g/mol. The van der Waals surface area contributed by atoms with Crippen molar-refractivity contribution in [2.45, 2.75) is 26.3 Å². The van der Waals surface area contributed by atoms with Gasteiger partial charge in [0.2, 0.25) is 0 Å². The third-order valence-electron chi connectivity index (χ3n) is 2.99. The number of halogens is 2. The molecule has 0 radical (unpaired) electrons. The van der Waals surface area contributed by atoms with Gasteiger partial charge in [0.1, 0.15) is 5.82 Å². The lowest BCUT2D eigenvalue weighted by Gasteiger charge is -2.19. The molecule has 1 aromatic carbocycles. The average Bonchev–Trinajstić information content (AvgIpc) is 2.45. The Morgan fingerprint density at radius 1 is 1.30 bits per heavy atom. The minimum atomic E-state index is -0.291. The third kappa shape index (κ3) is 3.41. The summed E-state index contributed by atoms with van der Waals surface area (Å²) in [5.74, 6) is -0.261. The van der Waals surface area contributed by atoms with Crippen LogP contribution < -0.4 is 5.32 Å². The number of nitrogens with one attached hydrogen (secondary N) is 1. The van der Waals surface area contributed by atoms with Crippen LogP contribution in [0.25, 0.3) is 0 Å². The van der Waals surface area contributed by atoms with Crippen molar-refractivity contribution in [3.8, 4) is 0 Å². The number of aryl methyl sites for hydroxylation is 1. The van der Waals surface area contributed by atoms with Crippen molar-refractivity contribution in [1.29, 1.82) is 0 Å². The number of aromatic nitrogens is 2. The van der Waals surface area contributed by atoms with Crippen LogP contribution >= 0.6 is 15.9 Å². The van der Waals surface area contributed by atoms with Crippen LogP contribution in [0.3, 0.4) is 0 Å². The van der Waals surface area contributed by atoms with Gasteiger partial charge >= 0.3 is 0 Å². The molecule has 20 heavy (non-hydrogen) atoms. The Morgan fingerprint density at radius 2 is 2.10 bits per heavy atom. The maximum Gasteiger partial charge on any atom is 0.142 e. The zero-order valence-corrected chi connectivity index (χ0v) is 13.1. The first-order chi connectivity index (χ1) is 9.63. The number of hydrogen-bond donors (Lipinski definition) is 1. The molecule has 2 aromatic rings. The Hall–Kier alpha value is -1.33. The lowest BCUT2D eigenvalue weighted by molar-refractivity contribution is 0.535. The normalized spacial score (nSPS) is 12.4. The Kier molecular flexibility index (Phi) is 5.20. The molecule has 0 spiro atoms. The van der Waals surface area contributed by atoms with E-state index in [9.17, 15) is 4.39 Å². The third-order valence-corrected chi connectivity index (χ3v) is 3.60. The monoisotopic (exact) mass is 337 g/mol. The van der Waals surface area contributed by atoms with Gasteiger partial charge in [0, 0.05) is 11.8 Å². The smallest absolute Gasteiger partial charge is 0.142 e. The summed E-state index contributed by atoms with van der Waals surface area (Å²) in [7, 11) is 0. The molecular formula is C15H17BrFN3. The molecule has 0 bridgehead atoms. The largest absolute Gasteiger partial charge is 0.305 e. The fourth-order valence-corrected chi connectivity index (χ4v) is 2.34. The highest BCUT2D eigenvalue weighted by Gasteiger charge is 2.20. The van der Waals surface area contributed by atoms with Crippen LogP contribution in [0, 0.1) is 12.7 Å². The number of nitrogens with zero attached hydrogens (tertiary/aromatic N) is 2. The van der Waals surface area contributed by atoms with Gasteiger partial charge < -0.3 is 5.32 Å². The molecule has 5 heteroatoms. The van der Waals surface area contributed by atoms with Crippen molar-refractivity contribution in [3.05, 3.63) is 57.8 Å². The predicted octanol–water partition coefficient (Wildman–Crippen LogP) is 3.78. The molecule has 1 N–H and O–H groups in total. The first-order valence-electron chi connectivity index (χ1n) is 6.59. The van der Waals surface area contributed by atoms with Crippen LogP contribution in [0.15, 0.2) is 35.1 Å². The fraction of sp³-hybridized carbons (Fsp3) is 0.333. The van der Waals surface area contributed by atoms with E-state index >= 15 is 0 Å². The van der Waals surface area contributed by atoms with Crippen LogP contribution in [0.4, 0.5) is 4.39 Å². The molecule has 1 aromatic heterocycles. The SMILES string of the molecule is CCCNC(c1cnc(C)cn1)c1cccc(Br)c1F. The Labute approximate surface area is 126 Å². The Morgan fingerprint density at radius 3 is 2.75 bits per heavy atom. The van der Waals surface area contributed by atoms with E-state index in [1.165, 1.54) is 0 Å². The fourth-order valence-electron chi connectivity index (χ4n) is 1.96. The summed E-state index contributed by atoms with van der Waals surface area (Å²) < 4.78 is 14.8. The average molecular weight is 338 g/mol. The van der Waals surface area contributed by atoms with Gasteiger partial charge in [0.05, 0.1) is 28.1 Å². The second kappa shape index (κ2) is 6.90. The van der Waals surface area contributed by atoms with E-state index in [0.717, 1.165) is 24.4 Å². The van der Waals surface area contributed by atoms with E-state index in [1.54, 1.807) is 24.5 Å². The van der Waals surface area contributed by atoms with Gasteiger partial charge in [-0.15, -0.1) is 0 Å². The lowest BCUT2D eigenvalue weighted by Crippen LogP contribution is -2.25. The van der Waals surface area contributed by atoms with Gasteiger partial charge in [0.15, 0.2) is 0 Å². The molecule has 0 aliphatic carbocycles.